The summed E-state index contributed by atoms with van der Waals surface area (Å²) in [6.45, 7) is 0. The maximum absolute atomic E-state index is 5.90. The van der Waals surface area contributed by atoms with E-state index >= 15 is 0 Å². The first kappa shape index (κ1) is 9.85. The maximum atomic E-state index is 5.90. The van der Waals surface area contributed by atoms with Crippen LogP contribution in [-0.4, -0.2) is 45.3 Å². The SMILES string of the molecule is CN(C)/C=N/c1nc(Cl)c2nc[nH]c2n1. The first-order valence-electron chi connectivity index (χ1n) is 4.24. The highest BCUT2D eigenvalue weighted by atomic mass is 35.5. The second kappa shape index (κ2) is 3.82. The van der Waals surface area contributed by atoms with E-state index in [4.69, 9.17) is 11.6 Å². The fraction of sp³-hybridized carbons (Fsp3) is 0.250. The third-order valence-electron chi connectivity index (χ3n) is 1.63. The van der Waals surface area contributed by atoms with Gasteiger partial charge in [0.25, 0.3) is 5.95 Å². The minimum atomic E-state index is 0.298. The fourth-order valence-corrected chi connectivity index (χ4v) is 1.23. The van der Waals surface area contributed by atoms with Crippen LogP contribution in [0.4, 0.5) is 5.95 Å². The zero-order valence-electron chi connectivity index (χ0n) is 8.27. The summed E-state index contributed by atoms with van der Waals surface area (Å²) in [5.41, 5.74) is 1.14. The monoisotopic (exact) mass is 224 g/mol. The van der Waals surface area contributed by atoms with E-state index < -0.39 is 0 Å². The van der Waals surface area contributed by atoms with Gasteiger partial charge in [0.15, 0.2) is 10.8 Å². The first-order valence-corrected chi connectivity index (χ1v) is 4.62. The molecule has 0 aliphatic heterocycles. The quantitative estimate of drug-likeness (QED) is 0.473. The van der Waals surface area contributed by atoms with E-state index in [1.54, 1.807) is 11.2 Å². The summed E-state index contributed by atoms with van der Waals surface area (Å²) in [6, 6.07) is 0. The number of nitrogens with one attached hydrogen (secondary N) is 1. The van der Waals surface area contributed by atoms with Crippen molar-refractivity contribution in [2.45, 2.75) is 0 Å². The first-order chi connectivity index (χ1) is 7.16. The van der Waals surface area contributed by atoms with Crippen LogP contribution in [0.1, 0.15) is 0 Å². The van der Waals surface area contributed by atoms with Crippen molar-refractivity contribution >= 4 is 35.1 Å². The molecule has 0 saturated heterocycles. The Morgan fingerprint density at radius 2 is 2.27 bits per heavy atom. The molecule has 15 heavy (non-hydrogen) atoms. The molecule has 0 aliphatic rings. The Balaban J connectivity index is 2.45. The van der Waals surface area contributed by atoms with Gasteiger partial charge in [-0.05, 0) is 0 Å². The number of H-pyrrole nitrogens is 1. The smallest absolute Gasteiger partial charge is 0.254 e. The summed E-state index contributed by atoms with van der Waals surface area (Å²) in [7, 11) is 3.72. The second-order valence-corrected chi connectivity index (χ2v) is 3.48. The Bertz CT molecular complexity index is 503. The summed E-state index contributed by atoms with van der Waals surface area (Å²) in [6.07, 6.45) is 3.12. The molecule has 0 amide bonds. The number of hydrogen-bond donors (Lipinski definition) is 1. The van der Waals surface area contributed by atoms with E-state index in [0.29, 0.717) is 22.3 Å². The van der Waals surface area contributed by atoms with Crippen molar-refractivity contribution in [1.82, 2.24) is 24.8 Å². The van der Waals surface area contributed by atoms with Crippen LogP contribution < -0.4 is 0 Å². The molecule has 0 atom stereocenters. The van der Waals surface area contributed by atoms with Crippen molar-refractivity contribution in [2.24, 2.45) is 4.99 Å². The molecule has 0 aromatic carbocycles. The zero-order chi connectivity index (χ0) is 10.8. The average molecular weight is 225 g/mol. The Hall–Kier alpha value is -1.69. The molecule has 2 heterocycles. The van der Waals surface area contributed by atoms with Crippen molar-refractivity contribution in [2.75, 3.05) is 14.1 Å². The minimum Gasteiger partial charge on any atom is -0.369 e. The van der Waals surface area contributed by atoms with Gasteiger partial charge in [0.1, 0.15) is 5.52 Å². The third kappa shape index (κ3) is 2.04. The molecule has 0 fully saturated rings. The zero-order valence-corrected chi connectivity index (χ0v) is 9.02. The number of fused-ring (bicyclic) bond motifs is 1. The lowest BCUT2D eigenvalue weighted by molar-refractivity contribution is 0.642. The minimum absolute atomic E-state index is 0.298. The molecule has 0 saturated carbocycles. The molecule has 0 radical (unpaired) electrons. The number of rotatable bonds is 2. The van der Waals surface area contributed by atoms with Crippen LogP contribution in [0.3, 0.4) is 0 Å². The predicted octanol–water partition coefficient (Wildman–Crippen LogP) is 1.23. The summed E-state index contributed by atoms with van der Waals surface area (Å²) < 4.78 is 0. The normalized spacial score (nSPS) is 11.4. The topological polar surface area (TPSA) is 70.1 Å². The molecular weight excluding hydrogens is 216 g/mol. The summed E-state index contributed by atoms with van der Waals surface area (Å²) in [4.78, 5) is 20.8. The van der Waals surface area contributed by atoms with Gasteiger partial charge >= 0.3 is 0 Å². The van der Waals surface area contributed by atoms with E-state index in [2.05, 4.69) is 24.9 Å². The van der Waals surface area contributed by atoms with Gasteiger partial charge in [-0.2, -0.15) is 9.97 Å². The average Bonchev–Trinajstić information content (AvgIpc) is 2.63. The molecule has 0 aliphatic carbocycles. The standard InChI is InChI=1S/C8H9ClN6/c1-15(2)4-12-8-13-6(9)5-7(14-8)11-3-10-5/h3-4H,1-2H3,(H,10,11,13,14)/b12-4+. The highest BCUT2D eigenvalue weighted by Gasteiger charge is 2.06. The number of aromatic amines is 1. The largest absolute Gasteiger partial charge is 0.369 e. The number of nitrogens with zero attached hydrogens (tertiary/aromatic N) is 5. The van der Waals surface area contributed by atoms with Gasteiger partial charge in [0, 0.05) is 14.1 Å². The Morgan fingerprint density at radius 1 is 1.47 bits per heavy atom. The second-order valence-electron chi connectivity index (χ2n) is 3.12. The third-order valence-corrected chi connectivity index (χ3v) is 1.89. The van der Waals surface area contributed by atoms with Crippen LogP contribution in [0.5, 0.6) is 0 Å². The van der Waals surface area contributed by atoms with E-state index in [1.807, 2.05) is 14.1 Å². The lowest BCUT2D eigenvalue weighted by Crippen LogP contribution is -2.07. The van der Waals surface area contributed by atoms with Gasteiger partial charge in [-0.3, -0.25) is 0 Å². The molecule has 1 N–H and O–H groups in total. The fourth-order valence-electron chi connectivity index (χ4n) is 1.01. The number of imidazole rings is 1. The van der Waals surface area contributed by atoms with E-state index in [9.17, 15) is 0 Å². The van der Waals surface area contributed by atoms with Crippen LogP contribution in [0.25, 0.3) is 11.2 Å². The highest BCUT2D eigenvalue weighted by Crippen LogP contribution is 2.19. The van der Waals surface area contributed by atoms with Gasteiger partial charge in [-0.25, -0.2) is 9.98 Å². The number of halogens is 1. The molecule has 2 aromatic rings. The van der Waals surface area contributed by atoms with Gasteiger partial charge in [-0.15, -0.1) is 0 Å². The van der Waals surface area contributed by atoms with Gasteiger partial charge in [0.2, 0.25) is 0 Å². The molecule has 2 rings (SSSR count). The maximum Gasteiger partial charge on any atom is 0.254 e. The van der Waals surface area contributed by atoms with Crippen LogP contribution in [-0.2, 0) is 0 Å². The van der Waals surface area contributed by atoms with Gasteiger partial charge < -0.3 is 9.88 Å². The van der Waals surface area contributed by atoms with Crippen molar-refractivity contribution < 1.29 is 0 Å². The molecule has 2 aromatic heterocycles. The van der Waals surface area contributed by atoms with Crippen molar-refractivity contribution in [3.63, 3.8) is 0 Å². The number of hydrogen-bond acceptors (Lipinski definition) is 4. The summed E-state index contributed by atoms with van der Waals surface area (Å²) in [5, 5.41) is 0.298. The predicted molar refractivity (Wildman–Crippen MR) is 58.5 cm³/mol. The Labute approximate surface area is 91.0 Å². The lowest BCUT2D eigenvalue weighted by atomic mass is 10.5. The van der Waals surface area contributed by atoms with Crippen LogP contribution >= 0.6 is 11.6 Å². The van der Waals surface area contributed by atoms with E-state index in [-0.39, 0.29) is 0 Å². The van der Waals surface area contributed by atoms with Crippen LogP contribution in [0.2, 0.25) is 5.15 Å². The molecule has 0 unspecified atom stereocenters. The van der Waals surface area contributed by atoms with Gasteiger partial charge in [0.05, 0.1) is 12.7 Å². The summed E-state index contributed by atoms with van der Waals surface area (Å²) in [5.74, 6) is 0.311. The van der Waals surface area contributed by atoms with Crippen molar-refractivity contribution in [1.29, 1.82) is 0 Å². The number of aromatic nitrogens is 4. The van der Waals surface area contributed by atoms with Crippen molar-refractivity contribution in [3.05, 3.63) is 11.5 Å². The number of aliphatic imine (C=N–C) groups is 1. The molecule has 7 heteroatoms. The highest BCUT2D eigenvalue weighted by molar-refractivity contribution is 6.33. The molecule has 0 spiro atoms. The molecular formula is C8H9ClN6. The van der Waals surface area contributed by atoms with E-state index in [1.165, 1.54) is 6.33 Å². The van der Waals surface area contributed by atoms with Gasteiger partial charge in [-0.1, -0.05) is 11.6 Å². The molecule has 6 nitrogen and oxygen atoms in total. The molecule has 0 bridgehead atoms. The Kier molecular flexibility index (Phi) is 2.51. The molecule has 78 valence electrons. The summed E-state index contributed by atoms with van der Waals surface area (Å²) >= 11 is 5.90. The van der Waals surface area contributed by atoms with Crippen LogP contribution in [0, 0.1) is 0 Å². The van der Waals surface area contributed by atoms with Crippen LogP contribution in [0.15, 0.2) is 11.3 Å². The lowest BCUT2D eigenvalue weighted by Gasteiger charge is -2.01. The van der Waals surface area contributed by atoms with E-state index in [0.717, 1.165) is 0 Å². The Morgan fingerprint density at radius 3 is 3.00 bits per heavy atom. The van der Waals surface area contributed by atoms with Crippen molar-refractivity contribution in [3.8, 4) is 0 Å².